The van der Waals surface area contributed by atoms with Crippen LogP contribution < -0.4 is 4.90 Å². The van der Waals surface area contributed by atoms with Crippen molar-refractivity contribution >= 4 is 17.5 Å². The summed E-state index contributed by atoms with van der Waals surface area (Å²) < 4.78 is 5.99. The zero-order chi connectivity index (χ0) is 18.3. The Morgan fingerprint density at radius 1 is 1.31 bits per heavy atom. The highest BCUT2D eigenvalue weighted by atomic mass is 35.5. The third kappa shape index (κ3) is 3.20. The fraction of sp³-hybridized carbons (Fsp3) is 0.500. The SMILES string of the molecule is Cc1nc(N(C)C)nc2c1COCC21CCN(Cc2cccc(Cl)c2)C1. The van der Waals surface area contributed by atoms with Crippen molar-refractivity contribution in [3.05, 3.63) is 51.8 Å². The van der Waals surface area contributed by atoms with Gasteiger partial charge >= 0.3 is 0 Å². The lowest BCUT2D eigenvalue weighted by Crippen LogP contribution is -2.41. The van der Waals surface area contributed by atoms with Gasteiger partial charge in [0.25, 0.3) is 0 Å². The fourth-order valence-electron chi connectivity index (χ4n) is 4.11. The molecule has 138 valence electrons. The van der Waals surface area contributed by atoms with E-state index in [4.69, 9.17) is 21.3 Å². The van der Waals surface area contributed by atoms with Gasteiger partial charge in [0, 0.05) is 43.5 Å². The number of ether oxygens (including phenoxy) is 1. The maximum atomic E-state index is 6.14. The quantitative estimate of drug-likeness (QED) is 0.827. The van der Waals surface area contributed by atoms with Crippen molar-refractivity contribution in [3.63, 3.8) is 0 Å². The Morgan fingerprint density at radius 3 is 2.92 bits per heavy atom. The highest BCUT2D eigenvalue weighted by Crippen LogP contribution is 2.40. The van der Waals surface area contributed by atoms with Gasteiger partial charge in [-0.15, -0.1) is 0 Å². The molecule has 6 heteroatoms. The highest BCUT2D eigenvalue weighted by molar-refractivity contribution is 6.30. The lowest BCUT2D eigenvalue weighted by molar-refractivity contribution is 0.0498. The monoisotopic (exact) mass is 372 g/mol. The second kappa shape index (κ2) is 6.80. The van der Waals surface area contributed by atoms with Crippen LogP contribution in [0, 0.1) is 6.92 Å². The van der Waals surface area contributed by atoms with E-state index < -0.39 is 0 Å². The Labute approximate surface area is 160 Å². The molecule has 2 aliphatic heterocycles. The third-order valence-electron chi connectivity index (χ3n) is 5.46. The molecular weight excluding hydrogens is 348 g/mol. The van der Waals surface area contributed by atoms with E-state index >= 15 is 0 Å². The first kappa shape index (κ1) is 17.7. The van der Waals surface area contributed by atoms with E-state index in [9.17, 15) is 0 Å². The molecule has 26 heavy (non-hydrogen) atoms. The molecule has 0 amide bonds. The Balaban J connectivity index is 1.63. The minimum absolute atomic E-state index is 0.0371. The van der Waals surface area contributed by atoms with Gasteiger partial charge < -0.3 is 9.64 Å². The number of aromatic nitrogens is 2. The van der Waals surface area contributed by atoms with Gasteiger partial charge in [-0.05, 0) is 37.6 Å². The van der Waals surface area contributed by atoms with Crippen LogP contribution in [0.4, 0.5) is 5.95 Å². The van der Waals surface area contributed by atoms with Crippen LogP contribution >= 0.6 is 11.6 Å². The first-order valence-corrected chi connectivity index (χ1v) is 9.44. The van der Waals surface area contributed by atoms with Crippen LogP contribution in [0.5, 0.6) is 0 Å². The van der Waals surface area contributed by atoms with Crippen LogP contribution in [-0.4, -0.2) is 48.7 Å². The number of rotatable bonds is 3. The molecule has 1 aromatic carbocycles. The zero-order valence-corrected chi connectivity index (χ0v) is 16.4. The van der Waals surface area contributed by atoms with Gasteiger partial charge in [-0.2, -0.15) is 0 Å². The highest BCUT2D eigenvalue weighted by Gasteiger charge is 2.45. The summed E-state index contributed by atoms with van der Waals surface area (Å²) in [5.74, 6) is 0.788. The number of benzene rings is 1. The van der Waals surface area contributed by atoms with Crippen LogP contribution in [0.25, 0.3) is 0 Å². The Bertz CT molecular complexity index is 825. The van der Waals surface area contributed by atoms with Gasteiger partial charge in [-0.3, -0.25) is 4.90 Å². The van der Waals surface area contributed by atoms with Crippen LogP contribution in [0.1, 0.15) is 28.9 Å². The fourth-order valence-corrected chi connectivity index (χ4v) is 4.32. The van der Waals surface area contributed by atoms with E-state index in [0.717, 1.165) is 49.3 Å². The summed E-state index contributed by atoms with van der Waals surface area (Å²) in [7, 11) is 3.99. The van der Waals surface area contributed by atoms with Crippen molar-refractivity contribution < 1.29 is 4.74 Å². The first-order valence-electron chi connectivity index (χ1n) is 9.07. The summed E-state index contributed by atoms with van der Waals surface area (Å²) in [4.78, 5) is 14.1. The smallest absolute Gasteiger partial charge is 0.225 e. The number of halogens is 1. The maximum Gasteiger partial charge on any atom is 0.225 e. The van der Waals surface area contributed by atoms with E-state index in [1.54, 1.807) is 0 Å². The Kier molecular flexibility index (Phi) is 4.63. The number of anilines is 1. The average Bonchev–Trinajstić information content (AvgIpc) is 2.99. The van der Waals surface area contributed by atoms with Crippen LogP contribution in [0.2, 0.25) is 5.02 Å². The minimum Gasteiger partial charge on any atom is -0.376 e. The predicted molar refractivity (Wildman–Crippen MR) is 104 cm³/mol. The second-order valence-electron chi connectivity index (χ2n) is 7.69. The van der Waals surface area contributed by atoms with E-state index in [-0.39, 0.29) is 5.41 Å². The number of aryl methyl sites for hydroxylation is 1. The first-order chi connectivity index (χ1) is 12.5. The van der Waals surface area contributed by atoms with Crippen molar-refractivity contribution in [2.75, 3.05) is 38.7 Å². The van der Waals surface area contributed by atoms with Gasteiger partial charge in [-0.25, -0.2) is 9.97 Å². The number of hydrogen-bond donors (Lipinski definition) is 0. The van der Waals surface area contributed by atoms with Crippen molar-refractivity contribution in [2.45, 2.75) is 31.9 Å². The summed E-state index contributed by atoms with van der Waals surface area (Å²) in [6.07, 6.45) is 1.06. The molecule has 2 aliphatic rings. The molecule has 1 saturated heterocycles. The van der Waals surface area contributed by atoms with E-state index in [1.807, 2.05) is 37.2 Å². The number of fused-ring (bicyclic) bond motifs is 2. The van der Waals surface area contributed by atoms with Gasteiger partial charge in [0.2, 0.25) is 5.95 Å². The molecule has 5 nitrogen and oxygen atoms in total. The minimum atomic E-state index is -0.0371. The van der Waals surface area contributed by atoms with E-state index in [0.29, 0.717) is 6.61 Å². The molecular formula is C20H25ClN4O. The molecule has 0 N–H and O–H groups in total. The Morgan fingerprint density at radius 2 is 2.15 bits per heavy atom. The summed E-state index contributed by atoms with van der Waals surface area (Å²) >= 11 is 6.14. The van der Waals surface area contributed by atoms with Crippen molar-refractivity contribution in [2.24, 2.45) is 0 Å². The van der Waals surface area contributed by atoms with Crippen molar-refractivity contribution in [3.8, 4) is 0 Å². The van der Waals surface area contributed by atoms with Crippen molar-refractivity contribution in [1.82, 2.24) is 14.9 Å². The van der Waals surface area contributed by atoms with Crippen LogP contribution in [-0.2, 0) is 23.3 Å². The third-order valence-corrected chi connectivity index (χ3v) is 5.69. The maximum absolute atomic E-state index is 6.14. The van der Waals surface area contributed by atoms with Crippen molar-refractivity contribution in [1.29, 1.82) is 0 Å². The molecule has 1 aromatic heterocycles. The van der Waals surface area contributed by atoms with Crippen LogP contribution in [0.3, 0.4) is 0 Å². The summed E-state index contributed by atoms with van der Waals surface area (Å²) in [5, 5.41) is 0.793. The molecule has 1 spiro atoms. The standard InChI is InChI=1S/C20H25ClN4O/c1-14-17-11-26-13-20(18(17)23-19(22-14)24(2)3)7-8-25(12-20)10-15-5-4-6-16(21)9-15/h4-6,9H,7-8,10-13H2,1-3H3. The molecule has 1 fully saturated rings. The van der Waals surface area contributed by atoms with Gasteiger partial charge in [-0.1, -0.05) is 23.7 Å². The molecule has 0 saturated carbocycles. The Hall–Kier alpha value is -1.69. The topological polar surface area (TPSA) is 41.5 Å². The lowest BCUT2D eigenvalue weighted by atomic mass is 9.80. The largest absolute Gasteiger partial charge is 0.376 e. The summed E-state index contributed by atoms with van der Waals surface area (Å²) in [6.45, 7) is 6.31. The molecule has 0 aliphatic carbocycles. The summed E-state index contributed by atoms with van der Waals surface area (Å²) in [6, 6.07) is 8.12. The molecule has 3 heterocycles. The lowest BCUT2D eigenvalue weighted by Gasteiger charge is -2.35. The van der Waals surface area contributed by atoms with E-state index in [2.05, 4.69) is 22.9 Å². The van der Waals surface area contributed by atoms with Gasteiger partial charge in [0.15, 0.2) is 0 Å². The number of nitrogens with zero attached hydrogens (tertiary/aromatic N) is 4. The molecule has 0 bridgehead atoms. The normalized spacial score (nSPS) is 22.6. The number of hydrogen-bond acceptors (Lipinski definition) is 5. The molecule has 0 radical (unpaired) electrons. The van der Waals surface area contributed by atoms with Gasteiger partial charge in [0.05, 0.1) is 24.3 Å². The molecule has 1 unspecified atom stereocenters. The zero-order valence-electron chi connectivity index (χ0n) is 15.6. The average molecular weight is 373 g/mol. The molecule has 2 aromatic rings. The number of likely N-dealkylation sites (tertiary alicyclic amines) is 1. The molecule has 1 atom stereocenters. The molecule has 4 rings (SSSR count). The predicted octanol–water partition coefficient (Wildman–Crippen LogP) is 3.18. The van der Waals surface area contributed by atoms with Crippen LogP contribution in [0.15, 0.2) is 24.3 Å². The van der Waals surface area contributed by atoms with Gasteiger partial charge in [0.1, 0.15) is 0 Å². The second-order valence-corrected chi connectivity index (χ2v) is 8.13. The summed E-state index contributed by atoms with van der Waals surface area (Å²) in [5.41, 5.74) is 4.61. The van der Waals surface area contributed by atoms with E-state index in [1.165, 1.54) is 16.8 Å².